The normalized spacial score (nSPS) is 25.9. The van der Waals surface area contributed by atoms with E-state index in [-0.39, 0.29) is 5.41 Å². The van der Waals surface area contributed by atoms with E-state index in [1.807, 2.05) is 12.1 Å². The highest BCUT2D eigenvalue weighted by Crippen LogP contribution is 2.30. The van der Waals surface area contributed by atoms with E-state index in [1.165, 1.54) is 18.4 Å². The summed E-state index contributed by atoms with van der Waals surface area (Å²) in [4.78, 5) is 0. The van der Waals surface area contributed by atoms with E-state index in [9.17, 15) is 0 Å². The van der Waals surface area contributed by atoms with Crippen LogP contribution >= 0.6 is 0 Å². The first kappa shape index (κ1) is 10.2. The lowest BCUT2D eigenvalue weighted by molar-refractivity contribution is 0.339. The first-order valence-corrected chi connectivity index (χ1v) is 5.46. The standard InChI is InChI=1S/C13H16N2/c1-13(7-2-8-15-10-13)12-5-3-11(9-14)4-6-12/h3-6,15H,2,7-8,10H2,1H3. The fourth-order valence-electron chi connectivity index (χ4n) is 2.25. The molecular formula is C13H16N2. The maximum atomic E-state index is 8.74. The maximum Gasteiger partial charge on any atom is 0.0991 e. The number of piperidine rings is 1. The van der Waals surface area contributed by atoms with Crippen molar-refractivity contribution in [3.63, 3.8) is 0 Å². The van der Waals surface area contributed by atoms with E-state index >= 15 is 0 Å². The van der Waals surface area contributed by atoms with Crippen molar-refractivity contribution in [2.75, 3.05) is 13.1 Å². The molecule has 0 aliphatic carbocycles. The lowest BCUT2D eigenvalue weighted by Gasteiger charge is -2.34. The van der Waals surface area contributed by atoms with Gasteiger partial charge in [-0.2, -0.15) is 5.26 Å². The Bertz CT molecular complexity index is 367. The maximum absolute atomic E-state index is 8.74. The molecule has 0 saturated carbocycles. The minimum atomic E-state index is 0.242. The van der Waals surface area contributed by atoms with Gasteiger partial charge < -0.3 is 5.32 Å². The Kier molecular flexibility index (Phi) is 2.75. The van der Waals surface area contributed by atoms with Gasteiger partial charge in [-0.05, 0) is 37.1 Å². The van der Waals surface area contributed by atoms with Crippen molar-refractivity contribution in [1.29, 1.82) is 5.26 Å². The molecule has 0 aromatic heterocycles. The summed E-state index contributed by atoms with van der Waals surface area (Å²) in [5.74, 6) is 0. The molecule has 78 valence electrons. The Labute approximate surface area is 90.9 Å². The Balaban J connectivity index is 2.24. The van der Waals surface area contributed by atoms with Gasteiger partial charge in [-0.25, -0.2) is 0 Å². The molecular weight excluding hydrogens is 184 g/mol. The highest BCUT2D eigenvalue weighted by molar-refractivity contribution is 5.35. The van der Waals surface area contributed by atoms with Crippen molar-refractivity contribution in [3.05, 3.63) is 35.4 Å². The van der Waals surface area contributed by atoms with Crippen molar-refractivity contribution < 1.29 is 0 Å². The lowest BCUT2D eigenvalue weighted by Crippen LogP contribution is -2.41. The second-order valence-electron chi connectivity index (χ2n) is 4.53. The number of hydrogen-bond acceptors (Lipinski definition) is 2. The summed E-state index contributed by atoms with van der Waals surface area (Å²) < 4.78 is 0. The smallest absolute Gasteiger partial charge is 0.0991 e. The molecule has 1 atom stereocenters. The molecule has 1 heterocycles. The Hall–Kier alpha value is -1.33. The molecule has 0 amide bonds. The van der Waals surface area contributed by atoms with Gasteiger partial charge in [-0.15, -0.1) is 0 Å². The molecule has 1 aliphatic rings. The van der Waals surface area contributed by atoms with E-state index in [2.05, 4.69) is 30.4 Å². The Morgan fingerprint density at radius 3 is 2.60 bits per heavy atom. The Morgan fingerprint density at radius 2 is 2.07 bits per heavy atom. The largest absolute Gasteiger partial charge is 0.316 e. The fraction of sp³-hybridized carbons (Fsp3) is 0.462. The average molecular weight is 200 g/mol. The molecule has 2 rings (SSSR count). The van der Waals surface area contributed by atoms with Gasteiger partial charge in [0.1, 0.15) is 0 Å². The van der Waals surface area contributed by atoms with Crippen molar-refractivity contribution >= 4 is 0 Å². The van der Waals surface area contributed by atoms with Crippen molar-refractivity contribution in [2.24, 2.45) is 0 Å². The summed E-state index contributed by atoms with van der Waals surface area (Å²) in [7, 11) is 0. The molecule has 2 heteroatoms. The molecule has 0 bridgehead atoms. The van der Waals surface area contributed by atoms with E-state index in [0.29, 0.717) is 0 Å². The van der Waals surface area contributed by atoms with Crippen molar-refractivity contribution in [1.82, 2.24) is 5.32 Å². The summed E-state index contributed by atoms with van der Waals surface area (Å²) in [5.41, 5.74) is 2.33. The summed E-state index contributed by atoms with van der Waals surface area (Å²) in [5, 5.41) is 12.2. The molecule has 0 radical (unpaired) electrons. The first-order chi connectivity index (χ1) is 7.24. The van der Waals surface area contributed by atoms with Gasteiger partial charge in [0.05, 0.1) is 11.6 Å². The zero-order valence-electron chi connectivity index (χ0n) is 9.09. The van der Waals surface area contributed by atoms with Gasteiger partial charge in [0.25, 0.3) is 0 Å². The molecule has 1 aromatic rings. The minimum absolute atomic E-state index is 0.242. The van der Waals surface area contributed by atoms with E-state index in [0.717, 1.165) is 18.7 Å². The van der Waals surface area contributed by atoms with Gasteiger partial charge in [0.15, 0.2) is 0 Å². The van der Waals surface area contributed by atoms with Gasteiger partial charge in [-0.1, -0.05) is 19.1 Å². The highest BCUT2D eigenvalue weighted by Gasteiger charge is 2.28. The van der Waals surface area contributed by atoms with Crippen LogP contribution in [0, 0.1) is 11.3 Å². The second kappa shape index (κ2) is 4.04. The van der Waals surface area contributed by atoms with Crippen LogP contribution in [0.15, 0.2) is 24.3 Å². The quantitative estimate of drug-likeness (QED) is 0.754. The number of benzene rings is 1. The third-order valence-corrected chi connectivity index (χ3v) is 3.31. The predicted octanol–water partition coefficient (Wildman–Crippen LogP) is 2.20. The summed E-state index contributed by atoms with van der Waals surface area (Å²) in [6.45, 7) is 4.46. The number of nitrogens with one attached hydrogen (secondary N) is 1. The first-order valence-electron chi connectivity index (χ1n) is 5.46. The van der Waals surface area contributed by atoms with E-state index in [4.69, 9.17) is 5.26 Å². The molecule has 1 fully saturated rings. The van der Waals surface area contributed by atoms with Crippen LogP contribution in [0.1, 0.15) is 30.9 Å². The van der Waals surface area contributed by atoms with Crippen LogP contribution in [-0.4, -0.2) is 13.1 Å². The van der Waals surface area contributed by atoms with Gasteiger partial charge in [0, 0.05) is 12.0 Å². The fourth-order valence-corrected chi connectivity index (χ4v) is 2.25. The summed E-state index contributed by atoms with van der Waals surface area (Å²) in [6.07, 6.45) is 2.46. The molecule has 2 nitrogen and oxygen atoms in total. The second-order valence-corrected chi connectivity index (χ2v) is 4.53. The Morgan fingerprint density at radius 1 is 1.33 bits per heavy atom. The molecule has 1 aliphatic heterocycles. The number of rotatable bonds is 1. The van der Waals surface area contributed by atoms with Gasteiger partial charge in [-0.3, -0.25) is 0 Å². The SMILES string of the molecule is CC1(c2ccc(C#N)cc2)CCCNC1. The zero-order chi connectivity index (χ0) is 10.7. The molecule has 0 spiro atoms. The van der Waals surface area contributed by atoms with Gasteiger partial charge >= 0.3 is 0 Å². The van der Waals surface area contributed by atoms with Crippen LogP contribution in [0.2, 0.25) is 0 Å². The number of hydrogen-bond donors (Lipinski definition) is 1. The molecule has 1 unspecified atom stereocenters. The molecule has 15 heavy (non-hydrogen) atoms. The van der Waals surface area contributed by atoms with Crippen LogP contribution in [0.5, 0.6) is 0 Å². The third-order valence-electron chi connectivity index (χ3n) is 3.31. The van der Waals surface area contributed by atoms with Crippen molar-refractivity contribution in [3.8, 4) is 6.07 Å². The average Bonchev–Trinajstić information content (AvgIpc) is 2.30. The lowest BCUT2D eigenvalue weighted by atomic mass is 9.76. The molecule has 1 saturated heterocycles. The molecule has 1 N–H and O–H groups in total. The summed E-state index contributed by atoms with van der Waals surface area (Å²) >= 11 is 0. The zero-order valence-corrected chi connectivity index (χ0v) is 9.09. The number of nitriles is 1. The topological polar surface area (TPSA) is 35.8 Å². The van der Waals surface area contributed by atoms with Crippen LogP contribution in [0.4, 0.5) is 0 Å². The molecule has 1 aromatic carbocycles. The predicted molar refractivity (Wildman–Crippen MR) is 60.6 cm³/mol. The number of nitrogens with zero attached hydrogens (tertiary/aromatic N) is 1. The monoisotopic (exact) mass is 200 g/mol. The minimum Gasteiger partial charge on any atom is -0.316 e. The third kappa shape index (κ3) is 2.03. The van der Waals surface area contributed by atoms with Crippen LogP contribution in [0.3, 0.4) is 0 Å². The van der Waals surface area contributed by atoms with E-state index < -0.39 is 0 Å². The van der Waals surface area contributed by atoms with Crippen molar-refractivity contribution in [2.45, 2.75) is 25.2 Å². The van der Waals surface area contributed by atoms with E-state index in [1.54, 1.807) is 0 Å². The highest BCUT2D eigenvalue weighted by atomic mass is 14.9. The van der Waals surface area contributed by atoms with Gasteiger partial charge in [0.2, 0.25) is 0 Å². The van der Waals surface area contributed by atoms with Crippen LogP contribution in [-0.2, 0) is 5.41 Å². The van der Waals surface area contributed by atoms with Crippen LogP contribution < -0.4 is 5.32 Å². The van der Waals surface area contributed by atoms with Crippen LogP contribution in [0.25, 0.3) is 0 Å². The summed E-state index contributed by atoms with van der Waals surface area (Å²) in [6, 6.07) is 10.2.